The van der Waals surface area contributed by atoms with E-state index in [4.69, 9.17) is 9.15 Å². The summed E-state index contributed by atoms with van der Waals surface area (Å²) in [4.78, 5) is 0. The summed E-state index contributed by atoms with van der Waals surface area (Å²) in [5.74, 6) is -0.392. The van der Waals surface area contributed by atoms with Crippen LogP contribution >= 0.6 is 0 Å². The summed E-state index contributed by atoms with van der Waals surface area (Å²) in [6.45, 7) is 2.72. The third kappa shape index (κ3) is 1.31. The van der Waals surface area contributed by atoms with Crippen LogP contribution in [0.1, 0.15) is 25.1 Å². The van der Waals surface area contributed by atoms with E-state index in [2.05, 4.69) is 10.2 Å². The van der Waals surface area contributed by atoms with Crippen molar-refractivity contribution in [1.29, 1.82) is 0 Å². The fraction of sp³-hybridized carbons (Fsp3) is 0.714. The molecule has 1 aliphatic rings. The highest BCUT2D eigenvalue weighted by molar-refractivity contribution is 5.06. The van der Waals surface area contributed by atoms with Gasteiger partial charge in [-0.3, -0.25) is 0 Å². The highest BCUT2D eigenvalue weighted by Crippen LogP contribution is 2.31. The van der Waals surface area contributed by atoms with E-state index in [1.54, 1.807) is 0 Å². The van der Waals surface area contributed by atoms with E-state index in [0.717, 1.165) is 0 Å². The van der Waals surface area contributed by atoms with Crippen molar-refractivity contribution in [1.82, 2.24) is 10.2 Å². The van der Waals surface area contributed by atoms with Gasteiger partial charge in [0.25, 0.3) is 5.89 Å². The number of aromatic nitrogens is 2. The number of halogens is 2. The van der Waals surface area contributed by atoms with Gasteiger partial charge >= 0.3 is 6.43 Å². The van der Waals surface area contributed by atoms with Crippen molar-refractivity contribution < 1.29 is 17.9 Å². The zero-order chi connectivity index (χ0) is 9.47. The molecule has 0 unspecified atom stereocenters. The topological polar surface area (TPSA) is 48.2 Å². The average molecular weight is 190 g/mol. The number of hydrogen-bond acceptors (Lipinski definition) is 4. The lowest BCUT2D eigenvalue weighted by Crippen LogP contribution is -2.44. The molecule has 0 bridgehead atoms. The molecule has 13 heavy (non-hydrogen) atoms. The van der Waals surface area contributed by atoms with E-state index < -0.39 is 12.3 Å². The predicted octanol–water partition coefficient (Wildman–Crippen LogP) is 1.30. The Hall–Kier alpha value is -1.04. The largest absolute Gasteiger partial charge is 0.419 e. The van der Waals surface area contributed by atoms with Crippen LogP contribution in [0.4, 0.5) is 8.78 Å². The molecule has 4 nitrogen and oxygen atoms in total. The second kappa shape index (κ2) is 2.73. The quantitative estimate of drug-likeness (QED) is 0.705. The summed E-state index contributed by atoms with van der Waals surface area (Å²) < 4.78 is 33.9. The van der Waals surface area contributed by atoms with Crippen molar-refractivity contribution in [2.45, 2.75) is 18.8 Å². The molecule has 6 heteroatoms. The van der Waals surface area contributed by atoms with Crippen LogP contribution in [0.2, 0.25) is 0 Å². The van der Waals surface area contributed by atoms with Crippen molar-refractivity contribution in [2.24, 2.45) is 0 Å². The summed E-state index contributed by atoms with van der Waals surface area (Å²) in [6.07, 6.45) is -2.70. The Morgan fingerprint density at radius 1 is 1.38 bits per heavy atom. The van der Waals surface area contributed by atoms with Gasteiger partial charge in [-0.1, -0.05) is 0 Å². The van der Waals surface area contributed by atoms with Gasteiger partial charge < -0.3 is 9.15 Å². The summed E-state index contributed by atoms with van der Waals surface area (Å²) in [5.41, 5.74) is -0.375. The van der Waals surface area contributed by atoms with Crippen LogP contribution in [0.25, 0.3) is 0 Å². The van der Waals surface area contributed by atoms with Crippen LogP contribution in [-0.2, 0) is 10.2 Å². The lowest BCUT2D eigenvalue weighted by Gasteiger charge is -2.34. The van der Waals surface area contributed by atoms with E-state index >= 15 is 0 Å². The number of alkyl halides is 2. The predicted molar refractivity (Wildman–Crippen MR) is 37.4 cm³/mol. The third-order valence-corrected chi connectivity index (χ3v) is 1.98. The monoisotopic (exact) mass is 190 g/mol. The Morgan fingerprint density at radius 2 is 2.08 bits per heavy atom. The number of hydrogen-bond donors (Lipinski definition) is 0. The first-order valence-corrected chi connectivity index (χ1v) is 3.82. The van der Waals surface area contributed by atoms with Crippen molar-refractivity contribution in [3.05, 3.63) is 11.8 Å². The Morgan fingerprint density at radius 3 is 2.46 bits per heavy atom. The van der Waals surface area contributed by atoms with Crippen LogP contribution in [0.3, 0.4) is 0 Å². The molecule has 0 radical (unpaired) electrons. The van der Waals surface area contributed by atoms with Crippen molar-refractivity contribution >= 4 is 0 Å². The van der Waals surface area contributed by atoms with Gasteiger partial charge in [-0.05, 0) is 6.92 Å². The molecule has 0 aromatic carbocycles. The molecule has 1 saturated heterocycles. The molecule has 1 aromatic heterocycles. The van der Waals surface area contributed by atoms with Crippen LogP contribution in [0.15, 0.2) is 4.42 Å². The van der Waals surface area contributed by atoms with Gasteiger partial charge in [0.05, 0.1) is 18.6 Å². The molecular weight excluding hydrogens is 182 g/mol. The van der Waals surface area contributed by atoms with E-state index in [-0.39, 0.29) is 11.3 Å². The number of rotatable bonds is 2. The zero-order valence-electron chi connectivity index (χ0n) is 6.96. The van der Waals surface area contributed by atoms with Gasteiger partial charge in [0, 0.05) is 0 Å². The minimum atomic E-state index is -2.70. The molecule has 0 N–H and O–H groups in total. The van der Waals surface area contributed by atoms with Gasteiger partial charge in [0.2, 0.25) is 5.89 Å². The molecule has 72 valence electrons. The number of ether oxygens (including phenoxy) is 1. The summed E-state index contributed by atoms with van der Waals surface area (Å²) in [5, 5.41) is 6.80. The Balaban J connectivity index is 2.22. The molecule has 0 saturated carbocycles. The molecule has 0 spiro atoms. The van der Waals surface area contributed by atoms with Gasteiger partial charge in [-0.15, -0.1) is 10.2 Å². The normalized spacial score (nSPS) is 20.3. The fourth-order valence-corrected chi connectivity index (χ4v) is 1.10. The Labute approximate surface area is 72.9 Å². The SMILES string of the molecule is CC1(c2nnc(C(F)F)o2)COC1. The van der Waals surface area contributed by atoms with Gasteiger partial charge in [0.1, 0.15) is 0 Å². The highest BCUT2D eigenvalue weighted by Gasteiger charge is 2.41. The Kier molecular flexibility index (Phi) is 1.80. The van der Waals surface area contributed by atoms with Crippen molar-refractivity contribution in [2.75, 3.05) is 13.2 Å². The third-order valence-electron chi connectivity index (χ3n) is 1.98. The molecule has 0 aliphatic carbocycles. The van der Waals surface area contributed by atoms with Crippen molar-refractivity contribution in [3.63, 3.8) is 0 Å². The summed E-state index contributed by atoms with van der Waals surface area (Å²) >= 11 is 0. The van der Waals surface area contributed by atoms with Crippen molar-refractivity contribution in [3.8, 4) is 0 Å². The molecule has 2 rings (SSSR count). The lowest BCUT2D eigenvalue weighted by molar-refractivity contribution is -0.0638. The van der Waals surface area contributed by atoms with Crippen LogP contribution in [0.5, 0.6) is 0 Å². The first-order chi connectivity index (χ1) is 6.12. The first kappa shape index (κ1) is 8.55. The summed E-state index contributed by atoms with van der Waals surface area (Å²) in [7, 11) is 0. The standard InChI is InChI=1S/C7H8F2N2O2/c1-7(2-12-3-7)6-11-10-5(13-6)4(8)9/h4H,2-3H2,1H3. The van der Waals surface area contributed by atoms with Gasteiger partial charge in [-0.2, -0.15) is 8.78 Å². The zero-order valence-corrected chi connectivity index (χ0v) is 6.96. The van der Waals surface area contributed by atoms with Crippen LogP contribution in [0, 0.1) is 0 Å². The van der Waals surface area contributed by atoms with E-state index in [9.17, 15) is 8.78 Å². The lowest BCUT2D eigenvalue weighted by atomic mass is 9.89. The molecule has 1 fully saturated rings. The molecule has 2 heterocycles. The first-order valence-electron chi connectivity index (χ1n) is 3.82. The smallest absolute Gasteiger partial charge is 0.314 e. The molecule has 0 atom stereocenters. The van der Waals surface area contributed by atoms with Crippen LogP contribution in [-0.4, -0.2) is 23.4 Å². The van der Waals surface area contributed by atoms with Gasteiger partial charge in [-0.25, -0.2) is 0 Å². The Bertz CT molecular complexity index is 309. The maximum Gasteiger partial charge on any atom is 0.314 e. The molecule has 0 amide bonds. The van der Waals surface area contributed by atoms with E-state index in [0.29, 0.717) is 13.2 Å². The maximum atomic E-state index is 12.1. The maximum absolute atomic E-state index is 12.1. The van der Waals surface area contributed by atoms with Crippen LogP contribution < -0.4 is 0 Å². The minimum absolute atomic E-state index is 0.231. The fourth-order valence-electron chi connectivity index (χ4n) is 1.10. The average Bonchev–Trinajstić information content (AvgIpc) is 2.48. The molecular formula is C7H8F2N2O2. The number of nitrogens with zero attached hydrogens (tertiary/aromatic N) is 2. The summed E-state index contributed by atoms with van der Waals surface area (Å²) in [6, 6.07) is 0. The van der Waals surface area contributed by atoms with E-state index in [1.807, 2.05) is 6.92 Å². The second-order valence-electron chi connectivity index (χ2n) is 3.30. The van der Waals surface area contributed by atoms with Gasteiger partial charge in [0.15, 0.2) is 0 Å². The second-order valence-corrected chi connectivity index (χ2v) is 3.30. The van der Waals surface area contributed by atoms with E-state index in [1.165, 1.54) is 0 Å². The minimum Gasteiger partial charge on any atom is -0.419 e. The highest BCUT2D eigenvalue weighted by atomic mass is 19.3. The molecule has 1 aliphatic heterocycles. The molecule has 1 aromatic rings.